The summed E-state index contributed by atoms with van der Waals surface area (Å²) >= 11 is 0. The van der Waals surface area contributed by atoms with Crippen LogP contribution in [0.2, 0.25) is 0 Å². The number of morpholine rings is 1. The molecule has 0 amide bonds. The van der Waals surface area contributed by atoms with Gasteiger partial charge in [-0.15, -0.1) is 12.4 Å². The van der Waals surface area contributed by atoms with Crippen LogP contribution in [0, 0.1) is 5.92 Å². The van der Waals surface area contributed by atoms with E-state index in [4.69, 9.17) is 10.5 Å². The van der Waals surface area contributed by atoms with Gasteiger partial charge < -0.3 is 15.6 Å². The highest BCUT2D eigenvalue weighted by atomic mass is 35.5. The summed E-state index contributed by atoms with van der Waals surface area (Å²) in [7, 11) is 0. The van der Waals surface area contributed by atoms with Gasteiger partial charge in [-0.3, -0.25) is 14.6 Å². The Morgan fingerprint density at radius 2 is 1.85 bits per heavy atom. The molecule has 8 heteroatoms. The number of nitrogens with zero attached hydrogens (tertiary/aromatic N) is 2. The summed E-state index contributed by atoms with van der Waals surface area (Å²) in [5.74, 6) is -1.06. The zero-order chi connectivity index (χ0) is 23.4. The van der Waals surface area contributed by atoms with Crippen LogP contribution < -0.4 is 5.73 Å². The second kappa shape index (κ2) is 11.1. The Morgan fingerprint density at radius 3 is 2.50 bits per heavy atom. The Labute approximate surface area is 206 Å². The van der Waals surface area contributed by atoms with E-state index in [-0.39, 0.29) is 30.5 Å². The van der Waals surface area contributed by atoms with Crippen molar-refractivity contribution in [3.63, 3.8) is 0 Å². The zero-order valence-electron chi connectivity index (χ0n) is 19.4. The second-order valence-corrected chi connectivity index (χ2v) is 8.86. The summed E-state index contributed by atoms with van der Waals surface area (Å²) in [5, 5.41) is 15.8. The van der Waals surface area contributed by atoms with Crippen molar-refractivity contribution in [3.8, 4) is 0 Å². The smallest absolute Gasteiger partial charge is 0.303 e. The van der Waals surface area contributed by atoms with Gasteiger partial charge in [0.05, 0.1) is 38.9 Å². The minimum atomic E-state index is -0.837. The summed E-state index contributed by atoms with van der Waals surface area (Å²) in [6.07, 6.45) is 3.97. The van der Waals surface area contributed by atoms with Crippen molar-refractivity contribution >= 4 is 30.4 Å². The van der Waals surface area contributed by atoms with Crippen LogP contribution in [-0.4, -0.2) is 54.4 Å². The standard InChI is InChI=1S/C26H31N3O4.ClH/c1-2-26(27)22(16-24(30)31)10-9-19-7-8-21(15-23(19)26)25(32)20-5-3-18(4-6-20)17-28-29-11-13-33-14-12-29;/h3-8,15,17,22H,2,9-14,16,27H2,1H3,(H,30,31);1H. The van der Waals surface area contributed by atoms with Crippen molar-refractivity contribution in [2.24, 2.45) is 16.8 Å². The Morgan fingerprint density at radius 1 is 1.18 bits per heavy atom. The highest BCUT2D eigenvalue weighted by molar-refractivity contribution is 6.09. The van der Waals surface area contributed by atoms with Crippen molar-refractivity contribution in [3.05, 3.63) is 70.3 Å². The number of halogens is 1. The minimum Gasteiger partial charge on any atom is -0.481 e. The molecular weight excluding hydrogens is 454 g/mol. The van der Waals surface area contributed by atoms with E-state index >= 15 is 0 Å². The fourth-order valence-corrected chi connectivity index (χ4v) is 4.86. The first-order chi connectivity index (χ1) is 15.9. The highest BCUT2D eigenvalue weighted by Gasteiger charge is 2.41. The van der Waals surface area contributed by atoms with Gasteiger partial charge in [-0.2, -0.15) is 5.10 Å². The molecule has 0 bridgehead atoms. The van der Waals surface area contributed by atoms with E-state index in [0.29, 0.717) is 30.8 Å². The van der Waals surface area contributed by atoms with Crippen LogP contribution in [0.3, 0.4) is 0 Å². The van der Waals surface area contributed by atoms with Gasteiger partial charge in [0, 0.05) is 16.7 Å². The molecule has 4 rings (SSSR count). The molecule has 2 aromatic carbocycles. The average molecular weight is 486 g/mol. The number of nitrogens with two attached hydrogens (primary N) is 1. The van der Waals surface area contributed by atoms with Crippen LogP contribution >= 0.6 is 12.4 Å². The number of fused-ring (bicyclic) bond motifs is 1. The monoisotopic (exact) mass is 485 g/mol. The molecule has 1 fully saturated rings. The zero-order valence-corrected chi connectivity index (χ0v) is 20.2. The summed E-state index contributed by atoms with van der Waals surface area (Å²) in [6.45, 7) is 4.91. The Hall–Kier alpha value is -2.74. The highest BCUT2D eigenvalue weighted by Crippen LogP contribution is 2.42. The molecule has 2 unspecified atom stereocenters. The second-order valence-electron chi connectivity index (χ2n) is 8.86. The predicted octanol–water partition coefficient (Wildman–Crippen LogP) is 3.61. The number of hydrazone groups is 1. The number of aliphatic carboxylic acids is 1. The quantitative estimate of drug-likeness (QED) is 0.458. The maximum Gasteiger partial charge on any atom is 0.303 e. The number of carboxylic acid groups (broad SMARTS) is 1. The molecule has 1 aliphatic carbocycles. The number of carboxylic acids is 1. The van der Waals surface area contributed by atoms with E-state index in [0.717, 1.165) is 42.6 Å². The molecule has 2 atom stereocenters. The first kappa shape index (κ1) is 25.9. The predicted molar refractivity (Wildman–Crippen MR) is 134 cm³/mol. The summed E-state index contributed by atoms with van der Waals surface area (Å²) < 4.78 is 5.33. The van der Waals surface area contributed by atoms with Gasteiger partial charge in [0.1, 0.15) is 0 Å². The molecule has 1 heterocycles. The van der Waals surface area contributed by atoms with Crippen molar-refractivity contribution in [1.29, 1.82) is 0 Å². The van der Waals surface area contributed by atoms with Gasteiger partial charge in [0.25, 0.3) is 0 Å². The first-order valence-electron chi connectivity index (χ1n) is 11.6. The van der Waals surface area contributed by atoms with Crippen molar-refractivity contribution < 1.29 is 19.4 Å². The van der Waals surface area contributed by atoms with E-state index < -0.39 is 11.5 Å². The van der Waals surface area contributed by atoms with Crippen LogP contribution in [0.15, 0.2) is 47.6 Å². The van der Waals surface area contributed by atoms with Gasteiger partial charge in [-0.1, -0.05) is 43.3 Å². The SMILES string of the molecule is CCC1(N)c2cc(C(=O)c3ccc(C=NN4CCOCC4)cc3)ccc2CCC1CC(=O)O.Cl. The molecule has 0 spiro atoms. The van der Waals surface area contributed by atoms with Gasteiger partial charge in [0.2, 0.25) is 0 Å². The maximum atomic E-state index is 13.2. The molecule has 2 aliphatic rings. The molecule has 0 radical (unpaired) electrons. The summed E-state index contributed by atoms with van der Waals surface area (Å²) in [6, 6.07) is 13.1. The number of benzene rings is 2. The first-order valence-corrected chi connectivity index (χ1v) is 11.6. The number of ether oxygens (including phenoxy) is 1. The van der Waals surface area contributed by atoms with Gasteiger partial charge in [-0.05, 0) is 47.9 Å². The van der Waals surface area contributed by atoms with E-state index in [2.05, 4.69) is 5.10 Å². The molecule has 1 saturated heterocycles. The molecule has 34 heavy (non-hydrogen) atoms. The Balaban J connectivity index is 0.00000324. The van der Waals surface area contributed by atoms with Gasteiger partial charge in [-0.25, -0.2) is 0 Å². The maximum absolute atomic E-state index is 13.2. The largest absolute Gasteiger partial charge is 0.481 e. The van der Waals surface area contributed by atoms with Crippen LogP contribution in [0.1, 0.15) is 58.8 Å². The number of hydrogen-bond acceptors (Lipinski definition) is 6. The Kier molecular flexibility index (Phi) is 8.47. The fourth-order valence-electron chi connectivity index (χ4n) is 4.86. The summed E-state index contributed by atoms with van der Waals surface area (Å²) in [4.78, 5) is 24.6. The normalized spacial score (nSPS) is 22.2. The van der Waals surface area contributed by atoms with Gasteiger partial charge >= 0.3 is 5.97 Å². The third-order valence-electron chi connectivity index (χ3n) is 6.90. The molecule has 0 aromatic heterocycles. The van der Waals surface area contributed by atoms with Crippen LogP contribution in [0.5, 0.6) is 0 Å². The lowest BCUT2D eigenvalue weighted by molar-refractivity contribution is -0.139. The topological polar surface area (TPSA) is 105 Å². The lowest BCUT2D eigenvalue weighted by Gasteiger charge is -2.42. The lowest BCUT2D eigenvalue weighted by atomic mass is 9.66. The van der Waals surface area contributed by atoms with Gasteiger partial charge in [0.15, 0.2) is 5.78 Å². The molecular formula is C26H32ClN3O4. The third-order valence-corrected chi connectivity index (χ3v) is 6.90. The number of hydrogen-bond donors (Lipinski definition) is 2. The average Bonchev–Trinajstić information content (AvgIpc) is 2.84. The number of aryl methyl sites for hydroxylation is 1. The van der Waals surface area contributed by atoms with Crippen LogP contribution in [0.4, 0.5) is 0 Å². The van der Waals surface area contributed by atoms with E-state index in [1.54, 1.807) is 6.21 Å². The number of rotatable bonds is 7. The van der Waals surface area contributed by atoms with E-state index in [9.17, 15) is 14.7 Å². The lowest BCUT2D eigenvalue weighted by Crippen LogP contribution is -2.47. The van der Waals surface area contributed by atoms with E-state index in [1.807, 2.05) is 54.4 Å². The van der Waals surface area contributed by atoms with Crippen molar-refractivity contribution in [2.75, 3.05) is 26.3 Å². The molecule has 2 aromatic rings. The number of carbonyl (C=O) groups is 2. The molecule has 182 valence electrons. The minimum absolute atomic E-state index is 0. The fraction of sp³-hybridized carbons (Fsp3) is 0.423. The molecule has 3 N–H and O–H groups in total. The number of carbonyl (C=O) groups excluding carboxylic acids is 1. The third kappa shape index (κ3) is 5.49. The summed E-state index contributed by atoms with van der Waals surface area (Å²) in [5.41, 5.74) is 10.1. The van der Waals surface area contributed by atoms with E-state index in [1.165, 1.54) is 0 Å². The van der Waals surface area contributed by atoms with Crippen molar-refractivity contribution in [1.82, 2.24) is 5.01 Å². The van der Waals surface area contributed by atoms with Crippen molar-refractivity contribution in [2.45, 2.75) is 38.1 Å². The molecule has 7 nitrogen and oxygen atoms in total. The Bertz CT molecular complexity index is 1050. The number of ketones is 1. The van der Waals surface area contributed by atoms with Crippen LogP contribution in [-0.2, 0) is 21.5 Å². The molecule has 0 saturated carbocycles. The molecule has 1 aliphatic heterocycles. The van der Waals surface area contributed by atoms with Crippen LogP contribution in [0.25, 0.3) is 0 Å².